The molecule has 0 bridgehead atoms. The van der Waals surface area contributed by atoms with Crippen molar-refractivity contribution >= 4 is 11.8 Å². The molecule has 2 fully saturated rings. The second kappa shape index (κ2) is 7.95. The molecule has 5 heteroatoms. The molecule has 2 rings (SSSR count). The molecular weight excluding hydrogens is 280 g/mol. The SMILES string of the molecule is CC(CC(=O)NCC1(O)CCCC1)NC(=O)C1CCCCC1. The zero-order valence-corrected chi connectivity index (χ0v) is 13.7. The fourth-order valence-electron chi connectivity index (χ4n) is 3.60. The predicted molar refractivity (Wildman–Crippen MR) is 85.2 cm³/mol. The zero-order valence-electron chi connectivity index (χ0n) is 13.7. The van der Waals surface area contributed by atoms with Crippen molar-refractivity contribution in [1.29, 1.82) is 0 Å². The average molecular weight is 310 g/mol. The molecule has 126 valence electrons. The van der Waals surface area contributed by atoms with Gasteiger partial charge in [-0.1, -0.05) is 32.1 Å². The molecule has 0 aliphatic heterocycles. The first-order valence-corrected chi connectivity index (χ1v) is 8.78. The van der Waals surface area contributed by atoms with Gasteiger partial charge in [0.2, 0.25) is 11.8 Å². The first-order chi connectivity index (χ1) is 10.5. The van der Waals surface area contributed by atoms with Crippen LogP contribution in [0.4, 0.5) is 0 Å². The van der Waals surface area contributed by atoms with E-state index < -0.39 is 5.60 Å². The highest BCUT2D eigenvalue weighted by atomic mass is 16.3. The molecule has 3 N–H and O–H groups in total. The highest BCUT2D eigenvalue weighted by Crippen LogP contribution is 2.28. The van der Waals surface area contributed by atoms with E-state index in [1.165, 1.54) is 6.42 Å². The van der Waals surface area contributed by atoms with Crippen molar-refractivity contribution in [3.05, 3.63) is 0 Å². The number of nitrogens with one attached hydrogen (secondary N) is 2. The van der Waals surface area contributed by atoms with E-state index in [-0.39, 0.29) is 30.2 Å². The normalized spacial score (nSPS) is 23.0. The summed E-state index contributed by atoms with van der Waals surface area (Å²) in [5.74, 6) is 0.115. The molecule has 0 spiro atoms. The summed E-state index contributed by atoms with van der Waals surface area (Å²) in [6.07, 6.45) is 9.29. The minimum atomic E-state index is -0.718. The van der Waals surface area contributed by atoms with Crippen molar-refractivity contribution in [2.75, 3.05) is 6.54 Å². The summed E-state index contributed by atoms with van der Waals surface area (Å²) in [7, 11) is 0. The second-order valence-corrected chi connectivity index (χ2v) is 7.16. The van der Waals surface area contributed by atoms with Gasteiger partial charge in [0.1, 0.15) is 0 Å². The minimum Gasteiger partial charge on any atom is -0.388 e. The van der Waals surface area contributed by atoms with Gasteiger partial charge in [-0.05, 0) is 32.6 Å². The fourth-order valence-corrected chi connectivity index (χ4v) is 3.60. The van der Waals surface area contributed by atoms with Gasteiger partial charge >= 0.3 is 0 Å². The van der Waals surface area contributed by atoms with Crippen LogP contribution in [0.15, 0.2) is 0 Å². The highest BCUT2D eigenvalue weighted by molar-refractivity contribution is 5.81. The molecule has 0 aromatic heterocycles. The Morgan fingerprint density at radius 1 is 1.14 bits per heavy atom. The van der Waals surface area contributed by atoms with E-state index in [1.807, 2.05) is 6.92 Å². The van der Waals surface area contributed by atoms with Gasteiger partial charge in [-0.3, -0.25) is 9.59 Å². The van der Waals surface area contributed by atoms with Crippen LogP contribution in [0.2, 0.25) is 0 Å². The van der Waals surface area contributed by atoms with Crippen LogP contribution in [0.3, 0.4) is 0 Å². The van der Waals surface area contributed by atoms with Gasteiger partial charge in [-0.15, -0.1) is 0 Å². The Hall–Kier alpha value is -1.10. The number of hydrogen-bond acceptors (Lipinski definition) is 3. The number of rotatable bonds is 6. The van der Waals surface area contributed by atoms with Crippen molar-refractivity contribution in [1.82, 2.24) is 10.6 Å². The van der Waals surface area contributed by atoms with Gasteiger partial charge in [0.25, 0.3) is 0 Å². The lowest BCUT2D eigenvalue weighted by atomic mass is 9.88. The summed E-state index contributed by atoms with van der Waals surface area (Å²) in [5, 5.41) is 16.0. The number of hydrogen-bond donors (Lipinski definition) is 3. The van der Waals surface area contributed by atoms with E-state index in [2.05, 4.69) is 10.6 Å². The summed E-state index contributed by atoms with van der Waals surface area (Å²) < 4.78 is 0. The molecule has 0 heterocycles. The zero-order chi connectivity index (χ0) is 16.0. The molecular formula is C17H30N2O3. The standard InChI is InChI=1S/C17H30N2O3/c1-13(19-16(21)14-7-3-2-4-8-14)11-15(20)18-12-17(22)9-5-6-10-17/h13-14,22H,2-12H2,1H3,(H,18,20)(H,19,21). The maximum absolute atomic E-state index is 12.1. The molecule has 5 nitrogen and oxygen atoms in total. The Bertz CT molecular complexity index is 385. The Labute approximate surface area is 133 Å². The summed E-state index contributed by atoms with van der Waals surface area (Å²) >= 11 is 0. The third-order valence-corrected chi connectivity index (χ3v) is 5.01. The monoisotopic (exact) mass is 310 g/mol. The summed E-state index contributed by atoms with van der Waals surface area (Å²) in [4.78, 5) is 24.1. The van der Waals surface area contributed by atoms with Crippen LogP contribution in [0.25, 0.3) is 0 Å². The Balaban J connectivity index is 1.66. The number of carbonyl (C=O) groups is 2. The molecule has 2 aliphatic carbocycles. The van der Waals surface area contributed by atoms with Crippen molar-refractivity contribution in [2.45, 2.75) is 82.8 Å². The van der Waals surface area contributed by atoms with Crippen molar-refractivity contribution in [3.8, 4) is 0 Å². The van der Waals surface area contributed by atoms with Crippen LogP contribution in [-0.4, -0.2) is 35.1 Å². The lowest BCUT2D eigenvalue weighted by Gasteiger charge is -2.24. The van der Waals surface area contributed by atoms with Crippen LogP contribution in [0.5, 0.6) is 0 Å². The van der Waals surface area contributed by atoms with Gasteiger partial charge in [0.15, 0.2) is 0 Å². The van der Waals surface area contributed by atoms with Crippen LogP contribution < -0.4 is 10.6 Å². The van der Waals surface area contributed by atoms with Crippen molar-refractivity contribution < 1.29 is 14.7 Å². The molecule has 2 saturated carbocycles. The number of amides is 2. The van der Waals surface area contributed by atoms with Gasteiger partial charge in [-0.2, -0.15) is 0 Å². The molecule has 1 unspecified atom stereocenters. The molecule has 2 amide bonds. The second-order valence-electron chi connectivity index (χ2n) is 7.16. The third kappa shape index (κ3) is 5.27. The molecule has 0 aromatic rings. The van der Waals surface area contributed by atoms with Crippen molar-refractivity contribution in [2.24, 2.45) is 5.92 Å². The van der Waals surface area contributed by atoms with Crippen LogP contribution in [0, 0.1) is 5.92 Å². The Morgan fingerprint density at radius 3 is 2.41 bits per heavy atom. The van der Waals surface area contributed by atoms with Crippen LogP contribution >= 0.6 is 0 Å². The minimum absolute atomic E-state index is 0.0921. The van der Waals surface area contributed by atoms with Crippen molar-refractivity contribution in [3.63, 3.8) is 0 Å². The Morgan fingerprint density at radius 2 is 1.77 bits per heavy atom. The number of carbonyl (C=O) groups excluding carboxylic acids is 2. The van der Waals surface area contributed by atoms with Crippen LogP contribution in [-0.2, 0) is 9.59 Å². The van der Waals surface area contributed by atoms with Gasteiger partial charge in [-0.25, -0.2) is 0 Å². The first-order valence-electron chi connectivity index (χ1n) is 8.78. The van der Waals surface area contributed by atoms with Gasteiger partial charge < -0.3 is 15.7 Å². The third-order valence-electron chi connectivity index (χ3n) is 5.01. The largest absolute Gasteiger partial charge is 0.388 e. The topological polar surface area (TPSA) is 78.4 Å². The smallest absolute Gasteiger partial charge is 0.223 e. The molecule has 0 radical (unpaired) electrons. The van der Waals surface area contributed by atoms with E-state index in [0.29, 0.717) is 6.54 Å². The van der Waals surface area contributed by atoms with E-state index in [9.17, 15) is 14.7 Å². The van der Waals surface area contributed by atoms with Crippen LogP contribution in [0.1, 0.15) is 71.1 Å². The van der Waals surface area contributed by atoms with E-state index in [1.54, 1.807) is 0 Å². The number of aliphatic hydroxyl groups is 1. The lowest BCUT2D eigenvalue weighted by Crippen LogP contribution is -2.44. The van der Waals surface area contributed by atoms with E-state index in [0.717, 1.165) is 51.4 Å². The summed E-state index contributed by atoms with van der Waals surface area (Å²) in [5.41, 5.74) is -0.718. The quantitative estimate of drug-likeness (QED) is 0.701. The average Bonchev–Trinajstić information content (AvgIpc) is 2.93. The summed E-state index contributed by atoms with van der Waals surface area (Å²) in [6, 6.07) is -0.160. The lowest BCUT2D eigenvalue weighted by molar-refractivity contribution is -0.127. The summed E-state index contributed by atoms with van der Waals surface area (Å²) in [6.45, 7) is 2.19. The predicted octanol–water partition coefficient (Wildman–Crippen LogP) is 1.88. The molecule has 0 saturated heterocycles. The van der Waals surface area contributed by atoms with Gasteiger partial charge in [0.05, 0.1) is 5.60 Å². The molecule has 0 aromatic carbocycles. The fraction of sp³-hybridized carbons (Fsp3) is 0.882. The van der Waals surface area contributed by atoms with E-state index >= 15 is 0 Å². The van der Waals surface area contributed by atoms with Gasteiger partial charge in [0, 0.05) is 24.9 Å². The van der Waals surface area contributed by atoms with E-state index in [4.69, 9.17) is 0 Å². The molecule has 2 aliphatic rings. The first kappa shape index (κ1) is 17.3. The maximum atomic E-state index is 12.1. The molecule has 1 atom stereocenters. The highest BCUT2D eigenvalue weighted by Gasteiger charge is 2.31. The Kier molecular flexibility index (Phi) is 6.24. The molecule has 22 heavy (non-hydrogen) atoms. The maximum Gasteiger partial charge on any atom is 0.223 e.